The van der Waals surface area contributed by atoms with Crippen LogP contribution in [0.25, 0.3) is 20.8 Å². The Hall–Kier alpha value is -3.37. The van der Waals surface area contributed by atoms with E-state index in [-0.39, 0.29) is 31.5 Å². The Kier molecular flexibility index (Phi) is 8.81. The molecule has 226 valence electrons. The quantitative estimate of drug-likeness (QED) is 0.139. The van der Waals surface area contributed by atoms with Gasteiger partial charge in [-0.3, -0.25) is 14.4 Å². The molecular weight excluding hydrogens is 554 g/mol. The van der Waals surface area contributed by atoms with Crippen molar-refractivity contribution in [3.63, 3.8) is 0 Å². The number of nitrogens with zero attached hydrogens (tertiary/aromatic N) is 2. The highest BCUT2D eigenvalue weighted by Gasteiger charge is 2.48. The predicted molar refractivity (Wildman–Crippen MR) is 165 cm³/mol. The zero-order valence-corrected chi connectivity index (χ0v) is 26.6. The van der Waals surface area contributed by atoms with Crippen LogP contribution in [0.3, 0.4) is 0 Å². The smallest absolute Gasteiger partial charge is 0.311 e. The summed E-state index contributed by atoms with van der Waals surface area (Å²) in [4.78, 5) is 45.2. The lowest BCUT2D eigenvalue weighted by molar-refractivity contribution is -0.161. The minimum Gasteiger partial charge on any atom is -0.481 e. The summed E-state index contributed by atoms with van der Waals surface area (Å²) in [5.74, 6) is -1.79. The number of aromatic nitrogens is 1. The number of rotatable bonds is 11. The van der Waals surface area contributed by atoms with E-state index in [1.807, 2.05) is 56.8 Å². The minimum atomic E-state index is -1.35. The maximum atomic E-state index is 13.8. The number of carbonyl (C=O) groups excluding carboxylic acids is 2. The molecule has 1 aliphatic carbocycles. The van der Waals surface area contributed by atoms with Crippen LogP contribution in [0.4, 0.5) is 5.69 Å². The molecule has 2 heterocycles. The Labute approximate surface area is 250 Å². The summed E-state index contributed by atoms with van der Waals surface area (Å²) >= 11 is 1.61. The fourth-order valence-corrected chi connectivity index (χ4v) is 6.49. The van der Waals surface area contributed by atoms with Gasteiger partial charge in [0.25, 0.3) is 0 Å². The number of hydrogen-bond acceptors (Lipinski definition) is 7. The van der Waals surface area contributed by atoms with Crippen molar-refractivity contribution in [2.45, 2.75) is 66.9 Å². The summed E-state index contributed by atoms with van der Waals surface area (Å²) in [6.45, 7) is 11.3. The van der Waals surface area contributed by atoms with Crippen LogP contribution in [-0.4, -0.2) is 61.3 Å². The van der Waals surface area contributed by atoms with Gasteiger partial charge in [-0.2, -0.15) is 0 Å². The first-order valence-electron chi connectivity index (χ1n) is 14.3. The van der Waals surface area contributed by atoms with Crippen molar-refractivity contribution in [2.24, 2.45) is 16.2 Å². The summed E-state index contributed by atoms with van der Waals surface area (Å²) in [7, 11) is 3.99. The van der Waals surface area contributed by atoms with Gasteiger partial charge in [0.2, 0.25) is 11.3 Å². The van der Waals surface area contributed by atoms with E-state index in [2.05, 4.69) is 11.4 Å². The van der Waals surface area contributed by atoms with E-state index < -0.39 is 28.2 Å². The highest BCUT2D eigenvalue weighted by Crippen LogP contribution is 2.45. The maximum absolute atomic E-state index is 13.8. The molecule has 1 aromatic rings. The molecule has 10 heteroatoms. The molecule has 0 spiro atoms. The van der Waals surface area contributed by atoms with E-state index in [0.717, 1.165) is 31.7 Å². The second-order valence-electron chi connectivity index (χ2n) is 12.9. The van der Waals surface area contributed by atoms with Crippen molar-refractivity contribution in [2.75, 3.05) is 32.6 Å². The molecule has 1 saturated heterocycles. The van der Waals surface area contributed by atoms with Gasteiger partial charge in [0.15, 0.2) is 0 Å². The first kappa shape index (κ1) is 31.6. The number of ether oxygens (including phenoxy) is 2. The number of carboxylic acids is 1. The predicted octanol–water partition coefficient (Wildman–Crippen LogP) is 4.94. The normalized spacial score (nSPS) is 17.8. The Bertz CT molecular complexity index is 1570. The van der Waals surface area contributed by atoms with Gasteiger partial charge in [0, 0.05) is 23.2 Å². The lowest BCUT2D eigenvalue weighted by Gasteiger charge is -2.39. The van der Waals surface area contributed by atoms with Crippen molar-refractivity contribution < 1.29 is 29.0 Å². The van der Waals surface area contributed by atoms with E-state index in [4.69, 9.17) is 14.5 Å². The van der Waals surface area contributed by atoms with E-state index in [0.29, 0.717) is 18.7 Å². The minimum absolute atomic E-state index is 0.0208. The molecule has 2 N–H and O–H groups in total. The summed E-state index contributed by atoms with van der Waals surface area (Å²) < 4.78 is 13.5. The number of aryl methyl sites for hydroxylation is 1. The number of nitrogens with one attached hydrogen (secondary N) is 1. The number of benzene rings is 2. The monoisotopic (exact) mass is 596 g/mol. The van der Waals surface area contributed by atoms with Gasteiger partial charge in [-0.05, 0) is 70.7 Å². The highest BCUT2D eigenvalue weighted by atomic mass is 32.1. The Balaban J connectivity index is 1.59. The largest absolute Gasteiger partial charge is 0.481 e. The van der Waals surface area contributed by atoms with Gasteiger partial charge in [-0.15, -0.1) is 11.3 Å². The van der Waals surface area contributed by atoms with Crippen LogP contribution in [0.5, 0.6) is 0 Å². The Morgan fingerprint density at radius 1 is 1.12 bits per heavy atom. The van der Waals surface area contributed by atoms with E-state index in [1.165, 1.54) is 0 Å². The van der Waals surface area contributed by atoms with Crippen LogP contribution in [0.2, 0.25) is 0 Å². The standard InChI is InChI=1S/C32H41N3O6S/c1-9-31(5,18-32(6,28(37)38)17-30(3,4)29(39)41-16-21-15-40-21)27(36)34-23-14-26-24(12-19(23)2)33-22-11-10-20(35(7)8)13-25(22)42-26/h10-14,21H,9,15-18H2,1-8H3,(H,37,38)/p+1. The van der Waals surface area contributed by atoms with Crippen LogP contribution in [0.15, 0.2) is 30.3 Å². The average Bonchev–Trinajstić information content (AvgIpc) is 3.74. The van der Waals surface area contributed by atoms with Crippen molar-refractivity contribution in [3.05, 3.63) is 41.3 Å². The molecule has 0 radical (unpaired) electrons. The third-order valence-corrected chi connectivity index (χ3v) is 9.38. The fraction of sp³-hybridized carbons (Fsp3) is 0.531. The number of carboxylic acid groups (broad SMARTS) is 1. The van der Waals surface area contributed by atoms with Crippen molar-refractivity contribution in [3.8, 4) is 10.6 Å². The lowest BCUT2D eigenvalue weighted by atomic mass is 9.65. The van der Waals surface area contributed by atoms with Gasteiger partial charge in [0.05, 0.1) is 38.2 Å². The summed E-state index contributed by atoms with van der Waals surface area (Å²) in [6.07, 6.45) is 0.411. The molecule has 1 aromatic carbocycles. The zero-order chi connectivity index (χ0) is 31.0. The summed E-state index contributed by atoms with van der Waals surface area (Å²) in [6, 6.07) is 10.1. The number of aliphatic carboxylic acids is 1. The lowest BCUT2D eigenvalue weighted by Crippen LogP contribution is -2.44. The zero-order valence-electron chi connectivity index (χ0n) is 25.8. The Morgan fingerprint density at radius 3 is 2.40 bits per heavy atom. The number of carbonyl (C=O) groups is 3. The molecule has 4 rings (SSSR count). The molecule has 3 unspecified atom stereocenters. The molecule has 0 saturated carbocycles. The number of epoxide rings is 1. The molecule has 42 heavy (non-hydrogen) atoms. The molecule has 0 aromatic heterocycles. The van der Waals surface area contributed by atoms with Gasteiger partial charge in [0.1, 0.15) is 26.8 Å². The number of fused-ring (bicyclic) bond motifs is 2. The highest BCUT2D eigenvalue weighted by molar-refractivity contribution is 7.21. The molecule has 3 aliphatic rings. The van der Waals surface area contributed by atoms with Gasteiger partial charge >= 0.3 is 11.9 Å². The van der Waals surface area contributed by atoms with E-state index in [1.54, 1.807) is 39.0 Å². The molecule has 3 atom stereocenters. The van der Waals surface area contributed by atoms with Crippen LogP contribution in [-0.2, 0) is 23.9 Å². The van der Waals surface area contributed by atoms with Gasteiger partial charge < -0.3 is 19.9 Å². The summed E-state index contributed by atoms with van der Waals surface area (Å²) in [5.41, 5.74) is -0.144. The number of hydrogen-bond donors (Lipinski definition) is 2. The maximum Gasteiger partial charge on any atom is 0.311 e. The van der Waals surface area contributed by atoms with Crippen molar-refractivity contribution >= 4 is 45.1 Å². The fourth-order valence-electron chi connectivity index (χ4n) is 5.47. The number of anilines is 1. The van der Waals surface area contributed by atoms with Crippen LogP contribution in [0.1, 0.15) is 59.4 Å². The van der Waals surface area contributed by atoms with Gasteiger partial charge in [-0.1, -0.05) is 13.8 Å². The van der Waals surface area contributed by atoms with E-state index in [9.17, 15) is 19.5 Å². The van der Waals surface area contributed by atoms with Crippen LogP contribution < -0.4 is 15.2 Å². The van der Waals surface area contributed by atoms with E-state index >= 15 is 0 Å². The molecule has 1 fully saturated rings. The molecular formula is C32H42N3O6S+. The first-order valence-corrected chi connectivity index (χ1v) is 15.1. The second kappa shape index (κ2) is 11.7. The molecule has 2 aliphatic heterocycles. The van der Waals surface area contributed by atoms with Crippen LogP contribution >= 0.6 is 11.3 Å². The second-order valence-corrected chi connectivity index (χ2v) is 14.0. The van der Waals surface area contributed by atoms with Crippen molar-refractivity contribution in [1.82, 2.24) is 9.56 Å². The number of amides is 1. The average molecular weight is 597 g/mol. The molecule has 1 amide bonds. The number of esters is 1. The topological polar surface area (TPSA) is 121 Å². The van der Waals surface area contributed by atoms with Gasteiger partial charge in [-0.25, -0.2) is 9.56 Å². The first-order chi connectivity index (χ1) is 19.6. The Morgan fingerprint density at radius 2 is 1.81 bits per heavy atom. The molecule has 0 bridgehead atoms. The SMILES string of the molecule is CCC(C)(CC(C)(CC(C)(C)C(=O)OCC1CO1)C(=O)O)C(=O)Nc1cc2sc3cc(=[N+](C)C)ccc-3nc2cc1C. The summed E-state index contributed by atoms with van der Waals surface area (Å²) in [5, 5.41) is 14.5. The third kappa shape index (κ3) is 6.81. The molecule has 9 nitrogen and oxygen atoms in total. The third-order valence-electron chi connectivity index (χ3n) is 8.29. The van der Waals surface area contributed by atoms with Crippen molar-refractivity contribution in [1.29, 1.82) is 0 Å². The van der Waals surface area contributed by atoms with Crippen LogP contribution in [0, 0.1) is 23.2 Å².